The van der Waals surface area contributed by atoms with Gasteiger partial charge in [-0.3, -0.25) is 9.59 Å². The second-order valence-electron chi connectivity index (χ2n) is 15.0. The van der Waals surface area contributed by atoms with Crippen molar-refractivity contribution in [3.05, 3.63) is 71.3 Å². The van der Waals surface area contributed by atoms with Crippen molar-refractivity contribution in [1.82, 2.24) is 15.5 Å². The van der Waals surface area contributed by atoms with Gasteiger partial charge in [0.15, 0.2) is 0 Å². The minimum absolute atomic E-state index is 0.196. The standard InChI is InChI=1S/C37H55N3O6/c1-13-25(3)29(39-34(44)46-37(10,11)12)32(42)40(35(4,5)6)30(27-21-19-24(2)20-22-27)31(41)38-28(33(43)45-36(7,8)9)23-26-17-15-14-16-18-26/h14-22,25,28-30H,13,23H2,1-12H3,(H,38,41)(H,39,44). The van der Waals surface area contributed by atoms with Crippen molar-refractivity contribution in [2.45, 2.75) is 131 Å². The summed E-state index contributed by atoms with van der Waals surface area (Å²) in [5, 5.41) is 5.73. The average Bonchev–Trinajstić information content (AvgIpc) is 2.92. The van der Waals surface area contributed by atoms with E-state index in [4.69, 9.17) is 9.47 Å². The van der Waals surface area contributed by atoms with E-state index in [9.17, 15) is 19.2 Å². The zero-order valence-electron chi connectivity index (χ0n) is 29.8. The van der Waals surface area contributed by atoms with Crippen LogP contribution in [0.3, 0.4) is 0 Å². The summed E-state index contributed by atoms with van der Waals surface area (Å²) < 4.78 is 11.2. The van der Waals surface area contributed by atoms with Crippen LogP contribution in [0.2, 0.25) is 0 Å². The summed E-state index contributed by atoms with van der Waals surface area (Å²) in [6, 6.07) is 13.6. The predicted molar refractivity (Wildman–Crippen MR) is 181 cm³/mol. The Bertz CT molecular complexity index is 1320. The first-order valence-corrected chi connectivity index (χ1v) is 16.1. The fraction of sp³-hybridized carbons (Fsp3) is 0.568. The molecule has 4 unspecified atom stereocenters. The number of rotatable bonds is 11. The lowest BCUT2D eigenvalue weighted by atomic mass is 9.91. The third-order valence-corrected chi connectivity index (χ3v) is 7.30. The van der Waals surface area contributed by atoms with Crippen molar-refractivity contribution in [2.75, 3.05) is 0 Å². The van der Waals surface area contributed by atoms with E-state index >= 15 is 0 Å². The largest absolute Gasteiger partial charge is 0.458 e. The van der Waals surface area contributed by atoms with Crippen molar-refractivity contribution in [2.24, 2.45) is 5.92 Å². The number of amides is 3. The van der Waals surface area contributed by atoms with Gasteiger partial charge in [0.1, 0.15) is 29.3 Å². The second-order valence-corrected chi connectivity index (χ2v) is 15.0. The van der Waals surface area contributed by atoms with Crippen LogP contribution in [0.25, 0.3) is 0 Å². The Morgan fingerprint density at radius 2 is 1.33 bits per heavy atom. The summed E-state index contributed by atoms with van der Waals surface area (Å²) in [5.74, 6) is -1.84. The van der Waals surface area contributed by atoms with Crippen LogP contribution >= 0.6 is 0 Å². The van der Waals surface area contributed by atoms with E-state index in [-0.39, 0.29) is 12.3 Å². The lowest BCUT2D eigenvalue weighted by Gasteiger charge is -2.44. The van der Waals surface area contributed by atoms with E-state index in [0.717, 1.165) is 11.1 Å². The molecule has 0 fully saturated rings. The van der Waals surface area contributed by atoms with Crippen LogP contribution in [0.5, 0.6) is 0 Å². The first-order chi connectivity index (χ1) is 21.1. The summed E-state index contributed by atoms with van der Waals surface area (Å²) in [4.78, 5) is 57.2. The van der Waals surface area contributed by atoms with Crippen molar-refractivity contribution >= 4 is 23.9 Å². The molecule has 0 spiro atoms. The molecule has 2 N–H and O–H groups in total. The molecule has 254 valence electrons. The number of esters is 1. The van der Waals surface area contributed by atoms with Crippen molar-refractivity contribution in [1.29, 1.82) is 0 Å². The van der Waals surface area contributed by atoms with Crippen molar-refractivity contribution < 1.29 is 28.7 Å². The molecule has 0 aliphatic rings. The molecular formula is C37H55N3O6. The number of alkyl carbamates (subject to hydrolysis) is 1. The first-order valence-electron chi connectivity index (χ1n) is 16.1. The quantitative estimate of drug-likeness (QED) is 0.266. The fourth-order valence-corrected chi connectivity index (χ4v) is 4.95. The normalized spacial score (nSPS) is 14.7. The van der Waals surface area contributed by atoms with Gasteiger partial charge in [-0.2, -0.15) is 0 Å². The van der Waals surface area contributed by atoms with E-state index < -0.39 is 58.7 Å². The molecular weight excluding hydrogens is 582 g/mol. The maximum atomic E-state index is 14.7. The summed E-state index contributed by atoms with van der Waals surface area (Å²) in [7, 11) is 0. The lowest BCUT2D eigenvalue weighted by molar-refractivity contribution is -0.159. The van der Waals surface area contributed by atoms with Gasteiger partial charge >= 0.3 is 12.1 Å². The summed E-state index contributed by atoms with van der Waals surface area (Å²) >= 11 is 0. The van der Waals surface area contributed by atoms with Gasteiger partial charge in [0, 0.05) is 12.0 Å². The van der Waals surface area contributed by atoms with Gasteiger partial charge in [-0.1, -0.05) is 80.4 Å². The third kappa shape index (κ3) is 11.8. The minimum Gasteiger partial charge on any atom is -0.458 e. The number of nitrogens with zero attached hydrogens (tertiary/aromatic N) is 1. The number of hydrogen-bond acceptors (Lipinski definition) is 6. The molecule has 4 atom stereocenters. The molecule has 0 saturated carbocycles. The Kier molecular flexibility index (Phi) is 13.0. The Labute approximate surface area is 275 Å². The molecule has 0 heterocycles. The van der Waals surface area contributed by atoms with E-state index in [1.54, 1.807) is 41.5 Å². The highest BCUT2D eigenvalue weighted by Crippen LogP contribution is 2.32. The summed E-state index contributed by atoms with van der Waals surface area (Å²) in [6.07, 6.45) is 0.0640. The van der Waals surface area contributed by atoms with Gasteiger partial charge in [0.25, 0.3) is 0 Å². The Morgan fingerprint density at radius 1 is 0.783 bits per heavy atom. The molecule has 46 heavy (non-hydrogen) atoms. The van der Waals surface area contributed by atoms with Gasteiger partial charge in [-0.15, -0.1) is 0 Å². The van der Waals surface area contributed by atoms with Crippen LogP contribution in [-0.2, 0) is 30.3 Å². The predicted octanol–water partition coefficient (Wildman–Crippen LogP) is 6.67. The van der Waals surface area contributed by atoms with E-state index in [2.05, 4.69) is 10.6 Å². The first kappa shape index (κ1) is 38.3. The van der Waals surface area contributed by atoms with Gasteiger partial charge < -0.3 is 25.0 Å². The Hall–Kier alpha value is -3.88. The number of carbonyl (C=O) groups excluding carboxylic acids is 4. The van der Waals surface area contributed by atoms with Crippen LogP contribution in [0.1, 0.15) is 105 Å². The number of hydrogen-bond donors (Lipinski definition) is 2. The smallest absolute Gasteiger partial charge is 0.408 e. The van der Waals surface area contributed by atoms with Crippen LogP contribution in [0.4, 0.5) is 4.79 Å². The molecule has 2 rings (SSSR count). The van der Waals surface area contributed by atoms with Crippen LogP contribution in [-0.4, -0.2) is 57.6 Å². The monoisotopic (exact) mass is 637 g/mol. The number of aryl methyl sites for hydroxylation is 1. The maximum Gasteiger partial charge on any atom is 0.408 e. The highest BCUT2D eigenvalue weighted by atomic mass is 16.6. The number of ether oxygens (including phenoxy) is 2. The number of benzene rings is 2. The molecule has 9 nitrogen and oxygen atoms in total. The Morgan fingerprint density at radius 3 is 1.80 bits per heavy atom. The SMILES string of the molecule is CCC(C)C(NC(=O)OC(C)(C)C)C(=O)N(C(C(=O)NC(Cc1ccccc1)C(=O)OC(C)(C)C)c1ccc(C)cc1)C(C)(C)C. The zero-order valence-corrected chi connectivity index (χ0v) is 29.8. The van der Waals surface area contributed by atoms with E-state index in [1.807, 2.05) is 96.1 Å². The molecule has 0 bridgehead atoms. The van der Waals surface area contributed by atoms with Crippen LogP contribution in [0, 0.1) is 12.8 Å². The van der Waals surface area contributed by atoms with Crippen molar-refractivity contribution in [3.63, 3.8) is 0 Å². The van der Waals surface area contributed by atoms with Gasteiger partial charge in [0.05, 0.1) is 0 Å². The molecule has 0 saturated heterocycles. The van der Waals surface area contributed by atoms with Gasteiger partial charge in [-0.05, 0) is 86.3 Å². The molecule has 9 heteroatoms. The molecule has 2 aromatic carbocycles. The lowest BCUT2D eigenvalue weighted by Crippen LogP contribution is -2.61. The van der Waals surface area contributed by atoms with Crippen LogP contribution < -0.4 is 10.6 Å². The average molecular weight is 638 g/mol. The molecule has 0 radical (unpaired) electrons. The molecule has 0 aromatic heterocycles. The summed E-state index contributed by atoms with van der Waals surface area (Å²) in [5.41, 5.74) is -0.0432. The molecule has 2 aromatic rings. The van der Waals surface area contributed by atoms with E-state index in [1.165, 1.54) is 4.90 Å². The Balaban J connectivity index is 2.66. The zero-order chi connectivity index (χ0) is 35.0. The molecule has 3 amide bonds. The van der Waals surface area contributed by atoms with Gasteiger partial charge in [0.2, 0.25) is 11.8 Å². The molecule has 0 aliphatic heterocycles. The number of nitrogens with one attached hydrogen (secondary N) is 2. The second kappa shape index (κ2) is 15.6. The highest BCUT2D eigenvalue weighted by molar-refractivity contribution is 5.94. The van der Waals surface area contributed by atoms with Crippen molar-refractivity contribution in [3.8, 4) is 0 Å². The van der Waals surface area contributed by atoms with E-state index in [0.29, 0.717) is 12.0 Å². The third-order valence-electron chi connectivity index (χ3n) is 7.30. The van der Waals surface area contributed by atoms with Gasteiger partial charge in [-0.25, -0.2) is 9.59 Å². The highest BCUT2D eigenvalue weighted by Gasteiger charge is 2.44. The van der Waals surface area contributed by atoms with Crippen LogP contribution in [0.15, 0.2) is 54.6 Å². The maximum absolute atomic E-state index is 14.7. The number of carbonyl (C=O) groups is 4. The molecule has 0 aliphatic carbocycles. The fourth-order valence-electron chi connectivity index (χ4n) is 4.95. The summed E-state index contributed by atoms with van der Waals surface area (Å²) in [6.45, 7) is 21.8. The topological polar surface area (TPSA) is 114 Å². The minimum atomic E-state index is -1.14.